The van der Waals surface area contributed by atoms with Crippen molar-refractivity contribution in [3.8, 4) is 5.88 Å². The topological polar surface area (TPSA) is 93.9 Å². The van der Waals surface area contributed by atoms with E-state index >= 15 is 0 Å². The standard InChI is InChI=1S/C14H23N5O3/c1-3-4-5-19-13(21)11(12(20)16-14(19)22)10-15-18-8-6-17(2)7-9-18/h10,21H,3-9H2,1-2H3,(H,16,20,22)/b15-10+. The van der Waals surface area contributed by atoms with Crippen molar-refractivity contribution < 1.29 is 5.11 Å². The summed E-state index contributed by atoms with van der Waals surface area (Å²) in [7, 11) is 2.04. The van der Waals surface area contributed by atoms with Crippen LogP contribution in [0.15, 0.2) is 14.7 Å². The smallest absolute Gasteiger partial charge is 0.331 e. The van der Waals surface area contributed by atoms with Gasteiger partial charge in [-0.05, 0) is 13.5 Å². The molecule has 0 atom stereocenters. The van der Waals surface area contributed by atoms with Gasteiger partial charge in [-0.15, -0.1) is 0 Å². The SMILES string of the molecule is CCCCn1c(O)c(/C=N/N2CCN(C)CC2)c(=O)[nH]c1=O. The van der Waals surface area contributed by atoms with Gasteiger partial charge < -0.3 is 10.0 Å². The molecule has 0 bridgehead atoms. The second kappa shape index (κ2) is 7.26. The Labute approximate surface area is 128 Å². The quantitative estimate of drug-likeness (QED) is 0.723. The normalized spacial score (nSPS) is 16.5. The minimum absolute atomic E-state index is 0.0228. The summed E-state index contributed by atoms with van der Waals surface area (Å²) in [6, 6.07) is 0. The number of piperazine rings is 1. The first-order chi connectivity index (χ1) is 10.5. The van der Waals surface area contributed by atoms with Crippen molar-refractivity contribution in [3.63, 3.8) is 0 Å². The van der Waals surface area contributed by atoms with Crippen LogP contribution in [0.5, 0.6) is 5.88 Å². The second-order valence-electron chi connectivity index (χ2n) is 5.50. The van der Waals surface area contributed by atoms with Gasteiger partial charge in [-0.1, -0.05) is 13.3 Å². The van der Waals surface area contributed by atoms with Crippen LogP contribution < -0.4 is 11.2 Å². The molecule has 0 amide bonds. The molecule has 22 heavy (non-hydrogen) atoms. The van der Waals surface area contributed by atoms with Gasteiger partial charge in [-0.2, -0.15) is 5.10 Å². The molecule has 1 aliphatic rings. The number of hydrazone groups is 1. The number of hydrogen-bond donors (Lipinski definition) is 2. The maximum atomic E-state index is 11.9. The number of nitrogens with zero attached hydrogens (tertiary/aromatic N) is 4. The van der Waals surface area contributed by atoms with E-state index < -0.39 is 11.2 Å². The Kier molecular flexibility index (Phi) is 5.37. The first-order valence-electron chi connectivity index (χ1n) is 7.56. The van der Waals surface area contributed by atoms with E-state index in [4.69, 9.17) is 0 Å². The summed E-state index contributed by atoms with van der Waals surface area (Å²) in [4.78, 5) is 28.0. The van der Waals surface area contributed by atoms with E-state index in [-0.39, 0.29) is 11.4 Å². The summed E-state index contributed by atoms with van der Waals surface area (Å²) < 4.78 is 1.18. The maximum absolute atomic E-state index is 11.9. The van der Waals surface area contributed by atoms with Crippen LogP contribution in [-0.4, -0.2) is 64.0 Å². The highest BCUT2D eigenvalue weighted by molar-refractivity contribution is 5.81. The van der Waals surface area contributed by atoms with E-state index in [1.165, 1.54) is 10.8 Å². The van der Waals surface area contributed by atoms with Crippen LogP contribution in [-0.2, 0) is 6.54 Å². The minimum Gasteiger partial charge on any atom is -0.494 e. The van der Waals surface area contributed by atoms with Gasteiger partial charge >= 0.3 is 5.69 Å². The number of hydrogen-bond acceptors (Lipinski definition) is 6. The van der Waals surface area contributed by atoms with E-state index in [9.17, 15) is 14.7 Å². The Morgan fingerprint density at radius 3 is 2.59 bits per heavy atom. The van der Waals surface area contributed by atoms with Crippen LogP contribution in [0.25, 0.3) is 0 Å². The number of unbranched alkanes of at least 4 members (excludes halogenated alkanes) is 1. The molecule has 0 aromatic carbocycles. The molecule has 122 valence electrons. The van der Waals surface area contributed by atoms with E-state index in [2.05, 4.69) is 15.0 Å². The van der Waals surface area contributed by atoms with Crippen molar-refractivity contribution in [1.82, 2.24) is 19.5 Å². The number of aromatic amines is 1. The zero-order valence-electron chi connectivity index (χ0n) is 13.1. The number of nitrogens with one attached hydrogen (secondary N) is 1. The van der Waals surface area contributed by atoms with E-state index in [0.29, 0.717) is 6.54 Å². The third-order valence-electron chi connectivity index (χ3n) is 3.77. The minimum atomic E-state index is -0.617. The molecule has 8 heteroatoms. The van der Waals surface area contributed by atoms with E-state index in [1.807, 2.05) is 19.0 Å². The molecule has 1 saturated heterocycles. The van der Waals surface area contributed by atoms with Crippen molar-refractivity contribution >= 4 is 6.21 Å². The number of rotatable bonds is 5. The van der Waals surface area contributed by atoms with Gasteiger partial charge in [0.2, 0.25) is 5.88 Å². The van der Waals surface area contributed by atoms with Gasteiger partial charge in [0, 0.05) is 32.7 Å². The largest absolute Gasteiger partial charge is 0.494 e. The molecule has 0 aliphatic carbocycles. The molecular weight excluding hydrogens is 286 g/mol. The molecule has 1 fully saturated rings. The molecule has 8 nitrogen and oxygen atoms in total. The average Bonchev–Trinajstić information content (AvgIpc) is 2.48. The summed E-state index contributed by atoms with van der Waals surface area (Å²) in [5.74, 6) is -0.319. The maximum Gasteiger partial charge on any atom is 0.331 e. The van der Waals surface area contributed by atoms with Crippen LogP contribution in [0.3, 0.4) is 0 Å². The van der Waals surface area contributed by atoms with Crippen LogP contribution >= 0.6 is 0 Å². The summed E-state index contributed by atoms with van der Waals surface area (Å²) in [5.41, 5.74) is -1.18. The molecule has 0 saturated carbocycles. The molecule has 2 N–H and O–H groups in total. The van der Waals surface area contributed by atoms with Crippen molar-refractivity contribution in [2.45, 2.75) is 26.3 Å². The molecular formula is C14H23N5O3. The second-order valence-corrected chi connectivity index (χ2v) is 5.50. The Morgan fingerprint density at radius 1 is 1.27 bits per heavy atom. The van der Waals surface area contributed by atoms with Crippen LogP contribution in [0, 0.1) is 0 Å². The molecule has 1 aromatic rings. The molecule has 1 aliphatic heterocycles. The summed E-state index contributed by atoms with van der Waals surface area (Å²) >= 11 is 0. The van der Waals surface area contributed by atoms with Crippen molar-refractivity contribution in [2.24, 2.45) is 5.10 Å². The van der Waals surface area contributed by atoms with Crippen LogP contribution in [0.2, 0.25) is 0 Å². The molecule has 0 spiro atoms. The van der Waals surface area contributed by atoms with Gasteiger partial charge in [0.25, 0.3) is 5.56 Å². The van der Waals surface area contributed by atoms with Gasteiger partial charge in [-0.3, -0.25) is 19.4 Å². The van der Waals surface area contributed by atoms with Crippen LogP contribution in [0.1, 0.15) is 25.3 Å². The Morgan fingerprint density at radius 2 is 1.95 bits per heavy atom. The fourth-order valence-corrected chi connectivity index (χ4v) is 2.27. The molecule has 1 aromatic heterocycles. The molecule has 0 radical (unpaired) electrons. The van der Waals surface area contributed by atoms with Crippen LogP contribution in [0.4, 0.5) is 0 Å². The predicted molar refractivity (Wildman–Crippen MR) is 84.6 cm³/mol. The average molecular weight is 309 g/mol. The predicted octanol–water partition coefficient (Wildman–Crippen LogP) is -0.376. The zero-order chi connectivity index (χ0) is 16.1. The zero-order valence-corrected chi connectivity index (χ0v) is 13.1. The molecule has 2 heterocycles. The Bertz CT molecular complexity index is 641. The summed E-state index contributed by atoms with van der Waals surface area (Å²) in [5, 5.41) is 16.3. The summed E-state index contributed by atoms with van der Waals surface area (Å²) in [6.07, 6.45) is 2.96. The first kappa shape index (κ1) is 16.3. The highest BCUT2D eigenvalue weighted by Crippen LogP contribution is 2.09. The number of likely N-dealkylation sites (N-methyl/N-ethyl adjacent to an activating group) is 1. The third kappa shape index (κ3) is 3.76. The first-order valence-corrected chi connectivity index (χ1v) is 7.56. The van der Waals surface area contributed by atoms with Crippen molar-refractivity contribution in [1.29, 1.82) is 0 Å². The monoisotopic (exact) mass is 309 g/mol. The third-order valence-corrected chi connectivity index (χ3v) is 3.77. The lowest BCUT2D eigenvalue weighted by atomic mass is 10.3. The lowest BCUT2D eigenvalue weighted by Crippen LogP contribution is -2.42. The highest BCUT2D eigenvalue weighted by Gasteiger charge is 2.14. The highest BCUT2D eigenvalue weighted by atomic mass is 16.3. The lowest BCUT2D eigenvalue weighted by molar-refractivity contribution is 0.159. The van der Waals surface area contributed by atoms with Crippen molar-refractivity contribution in [3.05, 3.63) is 26.4 Å². The number of aromatic hydroxyl groups is 1. The number of aromatic nitrogens is 2. The van der Waals surface area contributed by atoms with Gasteiger partial charge in [-0.25, -0.2) is 4.79 Å². The molecule has 0 unspecified atom stereocenters. The van der Waals surface area contributed by atoms with Crippen molar-refractivity contribution in [2.75, 3.05) is 33.2 Å². The Balaban J connectivity index is 2.23. The van der Waals surface area contributed by atoms with Gasteiger partial charge in [0.05, 0.1) is 6.21 Å². The molecule has 2 rings (SSSR count). The van der Waals surface area contributed by atoms with Gasteiger partial charge in [0.1, 0.15) is 5.56 Å². The Hall–Kier alpha value is -2.09. The number of H-pyrrole nitrogens is 1. The fraction of sp³-hybridized carbons (Fsp3) is 0.643. The van der Waals surface area contributed by atoms with E-state index in [1.54, 1.807) is 0 Å². The van der Waals surface area contributed by atoms with Gasteiger partial charge in [0.15, 0.2) is 0 Å². The summed E-state index contributed by atoms with van der Waals surface area (Å²) in [6.45, 7) is 5.68. The lowest BCUT2D eigenvalue weighted by Gasteiger charge is -2.30. The van der Waals surface area contributed by atoms with E-state index in [0.717, 1.165) is 39.0 Å². The fourth-order valence-electron chi connectivity index (χ4n) is 2.27.